The fraction of sp³-hybridized carbons (Fsp3) is 0.857. The van der Waals surface area contributed by atoms with Crippen LogP contribution in [-0.4, -0.2) is 26.0 Å². The fourth-order valence-electron chi connectivity index (χ4n) is 0.808. The van der Waals surface area contributed by atoms with Gasteiger partial charge in [0.1, 0.15) is 0 Å². The molecule has 0 aliphatic carbocycles. The van der Waals surface area contributed by atoms with E-state index >= 15 is 0 Å². The van der Waals surface area contributed by atoms with Gasteiger partial charge in [0, 0.05) is 6.54 Å². The van der Waals surface area contributed by atoms with Gasteiger partial charge in [-0.05, 0) is 12.8 Å². The second-order valence-electron chi connectivity index (χ2n) is 2.88. The lowest BCUT2D eigenvalue weighted by Crippen LogP contribution is -2.47. The molecule has 84 valence electrons. The smallest absolute Gasteiger partial charge is 0.277 e. The molecule has 0 rings (SSSR count). The summed E-state index contributed by atoms with van der Waals surface area (Å²) in [5, 5.41) is 0. The molecule has 0 heterocycles. The van der Waals surface area contributed by atoms with E-state index in [1.807, 2.05) is 13.8 Å². The van der Waals surface area contributed by atoms with Crippen molar-refractivity contribution in [3.05, 3.63) is 0 Å². The summed E-state index contributed by atoms with van der Waals surface area (Å²) >= 11 is 4.72. The SMILES string of the molecule is CCCNS(=O)(=O)NC(CC)C(N)=S. The number of nitrogens with one attached hydrogen (secondary N) is 2. The minimum Gasteiger partial charge on any atom is -0.392 e. The van der Waals surface area contributed by atoms with Gasteiger partial charge < -0.3 is 5.73 Å². The molecule has 0 aromatic rings. The van der Waals surface area contributed by atoms with E-state index < -0.39 is 16.3 Å². The highest BCUT2D eigenvalue weighted by atomic mass is 32.2. The molecule has 0 saturated carbocycles. The molecule has 0 aromatic heterocycles. The molecule has 0 aliphatic rings. The van der Waals surface area contributed by atoms with Crippen LogP contribution in [0.15, 0.2) is 0 Å². The van der Waals surface area contributed by atoms with E-state index in [0.717, 1.165) is 6.42 Å². The predicted molar refractivity (Wildman–Crippen MR) is 61.2 cm³/mol. The van der Waals surface area contributed by atoms with Gasteiger partial charge in [0.2, 0.25) is 0 Å². The standard InChI is InChI=1S/C7H17N3O2S2/c1-3-5-9-14(11,12)10-6(4-2)7(8)13/h6,9-10H,3-5H2,1-2H3,(H2,8,13). The van der Waals surface area contributed by atoms with Crippen LogP contribution in [0.3, 0.4) is 0 Å². The lowest BCUT2D eigenvalue weighted by molar-refractivity contribution is 0.557. The van der Waals surface area contributed by atoms with Crippen molar-refractivity contribution < 1.29 is 8.42 Å². The Morgan fingerprint density at radius 2 is 2.07 bits per heavy atom. The number of nitrogens with two attached hydrogens (primary N) is 1. The third kappa shape index (κ3) is 5.48. The van der Waals surface area contributed by atoms with Gasteiger partial charge in [0.15, 0.2) is 0 Å². The molecule has 0 aliphatic heterocycles. The van der Waals surface area contributed by atoms with Crippen molar-refractivity contribution >= 4 is 27.4 Å². The van der Waals surface area contributed by atoms with Crippen LogP contribution in [0.2, 0.25) is 0 Å². The normalized spacial score (nSPS) is 13.9. The second kappa shape index (κ2) is 6.28. The Labute approximate surface area is 90.6 Å². The molecule has 0 bridgehead atoms. The van der Waals surface area contributed by atoms with Crippen molar-refractivity contribution in [2.45, 2.75) is 32.7 Å². The van der Waals surface area contributed by atoms with Crippen molar-refractivity contribution in [2.75, 3.05) is 6.54 Å². The molecular weight excluding hydrogens is 222 g/mol. The molecule has 0 aromatic carbocycles. The van der Waals surface area contributed by atoms with Crippen LogP contribution in [0.1, 0.15) is 26.7 Å². The average Bonchev–Trinajstić information content (AvgIpc) is 2.10. The van der Waals surface area contributed by atoms with E-state index in [1.54, 1.807) is 0 Å². The molecule has 0 amide bonds. The maximum atomic E-state index is 11.3. The minimum absolute atomic E-state index is 0.161. The largest absolute Gasteiger partial charge is 0.392 e. The first-order chi connectivity index (χ1) is 6.43. The summed E-state index contributed by atoms with van der Waals surface area (Å²) in [6.07, 6.45) is 1.28. The lowest BCUT2D eigenvalue weighted by atomic mass is 10.2. The molecule has 0 radical (unpaired) electrons. The summed E-state index contributed by atoms with van der Waals surface area (Å²) in [6, 6.07) is -0.473. The van der Waals surface area contributed by atoms with Crippen LogP contribution in [0, 0.1) is 0 Å². The molecule has 1 unspecified atom stereocenters. The van der Waals surface area contributed by atoms with Gasteiger partial charge in [0.25, 0.3) is 10.2 Å². The minimum atomic E-state index is -3.47. The van der Waals surface area contributed by atoms with Crippen LogP contribution in [-0.2, 0) is 10.2 Å². The number of rotatable bonds is 7. The Morgan fingerprint density at radius 3 is 2.43 bits per heavy atom. The maximum Gasteiger partial charge on any atom is 0.277 e. The topological polar surface area (TPSA) is 84.2 Å². The zero-order valence-corrected chi connectivity index (χ0v) is 10.0. The Hall–Kier alpha value is -0.240. The van der Waals surface area contributed by atoms with E-state index in [0.29, 0.717) is 13.0 Å². The number of hydrogen-bond donors (Lipinski definition) is 3. The zero-order valence-electron chi connectivity index (χ0n) is 8.41. The van der Waals surface area contributed by atoms with Crippen LogP contribution in [0.5, 0.6) is 0 Å². The molecule has 1 atom stereocenters. The second-order valence-corrected chi connectivity index (χ2v) is 4.88. The molecule has 0 fully saturated rings. The first-order valence-electron chi connectivity index (χ1n) is 4.49. The molecule has 5 nitrogen and oxygen atoms in total. The molecular formula is C7H17N3O2S2. The lowest BCUT2D eigenvalue weighted by Gasteiger charge is -2.15. The maximum absolute atomic E-state index is 11.3. The van der Waals surface area contributed by atoms with E-state index in [-0.39, 0.29) is 4.99 Å². The summed E-state index contributed by atoms with van der Waals surface area (Å²) < 4.78 is 27.4. The van der Waals surface area contributed by atoms with Crippen LogP contribution < -0.4 is 15.2 Å². The zero-order chi connectivity index (χ0) is 11.2. The van der Waals surface area contributed by atoms with Gasteiger partial charge in [-0.15, -0.1) is 0 Å². The van der Waals surface area contributed by atoms with Crippen molar-refractivity contribution in [1.29, 1.82) is 0 Å². The highest BCUT2D eigenvalue weighted by Crippen LogP contribution is 1.93. The Morgan fingerprint density at radius 1 is 1.50 bits per heavy atom. The average molecular weight is 239 g/mol. The summed E-state index contributed by atoms with van der Waals surface area (Å²) in [6.45, 7) is 4.10. The van der Waals surface area contributed by atoms with Crippen molar-refractivity contribution in [3.63, 3.8) is 0 Å². The number of thiocarbonyl (C=S) groups is 1. The van der Waals surface area contributed by atoms with E-state index in [2.05, 4.69) is 9.44 Å². The first-order valence-corrected chi connectivity index (χ1v) is 6.38. The quantitative estimate of drug-likeness (QED) is 0.541. The van der Waals surface area contributed by atoms with Crippen molar-refractivity contribution in [3.8, 4) is 0 Å². The highest BCUT2D eigenvalue weighted by Gasteiger charge is 2.17. The summed E-state index contributed by atoms with van der Waals surface area (Å²) in [5.74, 6) is 0. The summed E-state index contributed by atoms with van der Waals surface area (Å²) in [5.41, 5.74) is 5.36. The number of hydrogen-bond acceptors (Lipinski definition) is 3. The molecule has 14 heavy (non-hydrogen) atoms. The highest BCUT2D eigenvalue weighted by molar-refractivity contribution is 7.87. The van der Waals surface area contributed by atoms with Gasteiger partial charge in [-0.25, -0.2) is 4.72 Å². The van der Waals surface area contributed by atoms with Crippen LogP contribution in [0.25, 0.3) is 0 Å². The monoisotopic (exact) mass is 239 g/mol. The third-order valence-corrected chi connectivity index (χ3v) is 3.05. The Balaban J connectivity index is 4.26. The van der Waals surface area contributed by atoms with Crippen molar-refractivity contribution in [1.82, 2.24) is 9.44 Å². The van der Waals surface area contributed by atoms with Gasteiger partial charge in [-0.3, -0.25) is 0 Å². The van der Waals surface area contributed by atoms with Gasteiger partial charge in [-0.2, -0.15) is 13.1 Å². The predicted octanol–water partition coefficient (Wildman–Crippen LogP) is -0.115. The third-order valence-electron chi connectivity index (χ3n) is 1.59. The van der Waals surface area contributed by atoms with Crippen LogP contribution in [0.4, 0.5) is 0 Å². The Kier molecular flexibility index (Phi) is 6.17. The Bertz CT molecular complexity index is 277. The molecule has 4 N–H and O–H groups in total. The first kappa shape index (κ1) is 13.8. The molecule has 0 saturated heterocycles. The summed E-state index contributed by atoms with van der Waals surface area (Å²) in [7, 11) is -3.47. The van der Waals surface area contributed by atoms with Gasteiger partial charge in [-0.1, -0.05) is 26.1 Å². The fourth-order valence-corrected chi connectivity index (χ4v) is 2.33. The van der Waals surface area contributed by atoms with Gasteiger partial charge >= 0.3 is 0 Å². The molecule has 0 spiro atoms. The van der Waals surface area contributed by atoms with Crippen LogP contribution >= 0.6 is 12.2 Å². The van der Waals surface area contributed by atoms with Crippen molar-refractivity contribution in [2.24, 2.45) is 5.73 Å². The summed E-state index contributed by atoms with van der Waals surface area (Å²) in [4.78, 5) is 0.161. The van der Waals surface area contributed by atoms with Gasteiger partial charge in [0.05, 0.1) is 11.0 Å². The van der Waals surface area contributed by atoms with E-state index in [1.165, 1.54) is 0 Å². The molecule has 7 heteroatoms. The van der Waals surface area contributed by atoms with E-state index in [9.17, 15) is 8.42 Å². The van der Waals surface area contributed by atoms with E-state index in [4.69, 9.17) is 18.0 Å².